The molecule has 0 saturated carbocycles. The van der Waals surface area contributed by atoms with E-state index in [9.17, 15) is 4.79 Å². The van der Waals surface area contributed by atoms with E-state index in [1.165, 1.54) is 16.7 Å². The lowest BCUT2D eigenvalue weighted by atomic mass is 9.84. The second-order valence-electron chi connectivity index (χ2n) is 8.95. The summed E-state index contributed by atoms with van der Waals surface area (Å²) < 4.78 is 6.05. The van der Waals surface area contributed by atoms with Crippen molar-refractivity contribution in [3.63, 3.8) is 0 Å². The fourth-order valence-electron chi connectivity index (χ4n) is 4.44. The SMILES string of the molecule is CCC(=O)OC1(c2ccccc2)CCN(CC=C(c2ccccc2)c2ccccc2)CC1.O=C(O)C(=O)O. The lowest BCUT2D eigenvalue weighted by molar-refractivity contribution is -0.166. The molecule has 198 valence electrons. The molecule has 4 rings (SSSR count). The van der Waals surface area contributed by atoms with Gasteiger partial charge in [0, 0.05) is 38.9 Å². The van der Waals surface area contributed by atoms with Gasteiger partial charge in [-0.25, -0.2) is 9.59 Å². The number of piperidine rings is 1. The molecular formula is C31H33NO6. The molecule has 0 spiro atoms. The normalized spacial score (nSPS) is 14.3. The molecular weight excluding hydrogens is 482 g/mol. The lowest BCUT2D eigenvalue weighted by Gasteiger charge is -2.41. The number of benzene rings is 3. The smallest absolute Gasteiger partial charge is 0.414 e. The Morgan fingerprint density at radius 2 is 1.24 bits per heavy atom. The average molecular weight is 516 g/mol. The van der Waals surface area contributed by atoms with Crippen molar-refractivity contribution < 1.29 is 29.3 Å². The van der Waals surface area contributed by atoms with Gasteiger partial charge in [-0.2, -0.15) is 0 Å². The van der Waals surface area contributed by atoms with Gasteiger partial charge in [-0.1, -0.05) is 104 Å². The molecule has 38 heavy (non-hydrogen) atoms. The highest BCUT2D eigenvalue weighted by atomic mass is 16.6. The maximum Gasteiger partial charge on any atom is 0.414 e. The predicted octanol–water partition coefficient (Wildman–Crippen LogP) is 5.22. The summed E-state index contributed by atoms with van der Waals surface area (Å²) in [6.45, 7) is 4.50. The van der Waals surface area contributed by atoms with Crippen LogP contribution in [0.1, 0.15) is 42.9 Å². The summed E-state index contributed by atoms with van der Waals surface area (Å²) in [6, 6.07) is 31.3. The number of carboxylic acid groups (broad SMARTS) is 2. The van der Waals surface area contributed by atoms with Crippen molar-refractivity contribution in [3.8, 4) is 0 Å². The zero-order valence-electron chi connectivity index (χ0n) is 21.5. The van der Waals surface area contributed by atoms with E-state index in [0.29, 0.717) is 6.42 Å². The first-order chi connectivity index (χ1) is 18.3. The third kappa shape index (κ3) is 7.88. The molecule has 1 heterocycles. The summed E-state index contributed by atoms with van der Waals surface area (Å²) in [7, 11) is 0. The molecule has 1 aliphatic heterocycles. The Hall–Kier alpha value is -4.23. The predicted molar refractivity (Wildman–Crippen MR) is 145 cm³/mol. The minimum absolute atomic E-state index is 0.127. The molecule has 0 aliphatic carbocycles. The van der Waals surface area contributed by atoms with Gasteiger partial charge in [0.15, 0.2) is 0 Å². The van der Waals surface area contributed by atoms with E-state index in [1.54, 1.807) is 0 Å². The van der Waals surface area contributed by atoms with E-state index in [4.69, 9.17) is 24.5 Å². The van der Waals surface area contributed by atoms with Gasteiger partial charge in [0.25, 0.3) is 0 Å². The van der Waals surface area contributed by atoms with Crippen LogP contribution >= 0.6 is 0 Å². The Morgan fingerprint density at radius 3 is 1.66 bits per heavy atom. The Balaban J connectivity index is 0.000000599. The molecule has 3 aromatic carbocycles. The summed E-state index contributed by atoms with van der Waals surface area (Å²) in [5.74, 6) is -3.78. The standard InChI is InChI=1S/C29H31NO2.C2H2O4/c1-2-28(31)32-29(26-16-10-5-11-17-26)19-22-30(23-20-29)21-18-27(24-12-6-3-7-13-24)25-14-8-4-9-15-25;3-1(4)2(5)6/h3-18H,2,19-23H2,1H3;(H,3,4)(H,5,6). The second kappa shape index (κ2) is 13.9. The number of ether oxygens (including phenoxy) is 1. The number of carbonyl (C=O) groups is 3. The highest BCUT2D eigenvalue weighted by molar-refractivity contribution is 6.27. The first-order valence-electron chi connectivity index (χ1n) is 12.6. The van der Waals surface area contributed by atoms with Crippen molar-refractivity contribution in [2.45, 2.75) is 31.8 Å². The van der Waals surface area contributed by atoms with Gasteiger partial charge in [-0.3, -0.25) is 9.69 Å². The molecule has 0 amide bonds. The van der Waals surface area contributed by atoms with Gasteiger partial charge < -0.3 is 14.9 Å². The number of nitrogens with zero attached hydrogens (tertiary/aromatic N) is 1. The number of hydrogen-bond donors (Lipinski definition) is 2. The van der Waals surface area contributed by atoms with Crippen molar-refractivity contribution in [2.24, 2.45) is 0 Å². The Kier molecular flexibility index (Phi) is 10.4. The lowest BCUT2D eigenvalue weighted by Crippen LogP contribution is -2.45. The van der Waals surface area contributed by atoms with Crippen LogP contribution in [0.5, 0.6) is 0 Å². The molecule has 7 heteroatoms. The zero-order valence-corrected chi connectivity index (χ0v) is 21.5. The monoisotopic (exact) mass is 515 g/mol. The molecule has 0 atom stereocenters. The second-order valence-corrected chi connectivity index (χ2v) is 8.95. The summed E-state index contributed by atoms with van der Waals surface area (Å²) in [5.41, 5.74) is 4.29. The van der Waals surface area contributed by atoms with Gasteiger partial charge in [0.05, 0.1) is 0 Å². The van der Waals surface area contributed by atoms with Crippen LogP contribution in [0.2, 0.25) is 0 Å². The van der Waals surface area contributed by atoms with E-state index in [2.05, 4.69) is 83.8 Å². The molecule has 1 fully saturated rings. The number of carboxylic acids is 2. The number of esters is 1. The fourth-order valence-corrected chi connectivity index (χ4v) is 4.44. The first-order valence-corrected chi connectivity index (χ1v) is 12.6. The molecule has 0 radical (unpaired) electrons. The van der Waals surface area contributed by atoms with Gasteiger partial charge in [-0.05, 0) is 22.3 Å². The quantitative estimate of drug-likeness (QED) is 0.328. The maximum absolute atomic E-state index is 12.2. The summed E-state index contributed by atoms with van der Waals surface area (Å²) in [6.07, 6.45) is 4.35. The third-order valence-electron chi connectivity index (χ3n) is 6.47. The van der Waals surface area contributed by atoms with Crippen LogP contribution in [0.3, 0.4) is 0 Å². The van der Waals surface area contributed by atoms with Crippen LogP contribution < -0.4 is 0 Å². The van der Waals surface area contributed by atoms with Gasteiger partial charge in [0.2, 0.25) is 0 Å². The van der Waals surface area contributed by atoms with Crippen molar-refractivity contribution in [3.05, 3.63) is 114 Å². The molecule has 0 unspecified atom stereocenters. The largest absolute Gasteiger partial charge is 0.473 e. The highest BCUT2D eigenvalue weighted by Gasteiger charge is 2.39. The number of aliphatic carboxylic acids is 2. The van der Waals surface area contributed by atoms with E-state index >= 15 is 0 Å². The van der Waals surface area contributed by atoms with Crippen LogP contribution in [-0.4, -0.2) is 52.7 Å². The van der Waals surface area contributed by atoms with E-state index in [1.807, 2.05) is 25.1 Å². The van der Waals surface area contributed by atoms with Crippen LogP contribution in [0.15, 0.2) is 97.1 Å². The molecule has 3 aromatic rings. The first kappa shape index (κ1) is 28.3. The number of hydrogen-bond acceptors (Lipinski definition) is 5. The van der Waals surface area contributed by atoms with Gasteiger partial charge >= 0.3 is 17.9 Å². The van der Waals surface area contributed by atoms with Crippen molar-refractivity contribution in [1.82, 2.24) is 4.90 Å². The van der Waals surface area contributed by atoms with Crippen LogP contribution in [0.25, 0.3) is 5.57 Å². The number of rotatable bonds is 7. The van der Waals surface area contributed by atoms with Crippen LogP contribution in [0.4, 0.5) is 0 Å². The fraction of sp³-hybridized carbons (Fsp3) is 0.258. The molecule has 7 nitrogen and oxygen atoms in total. The Labute approximate surface area is 223 Å². The van der Waals surface area contributed by atoms with E-state index < -0.39 is 17.5 Å². The molecule has 1 saturated heterocycles. The zero-order chi connectivity index (χ0) is 27.4. The van der Waals surface area contributed by atoms with Crippen molar-refractivity contribution in [1.29, 1.82) is 0 Å². The summed E-state index contributed by atoms with van der Waals surface area (Å²) in [5, 5.41) is 14.8. The topological polar surface area (TPSA) is 104 Å². The van der Waals surface area contributed by atoms with Gasteiger partial charge in [-0.15, -0.1) is 0 Å². The number of carbonyl (C=O) groups excluding carboxylic acids is 1. The highest BCUT2D eigenvalue weighted by Crippen LogP contribution is 2.37. The third-order valence-corrected chi connectivity index (χ3v) is 6.47. The van der Waals surface area contributed by atoms with Crippen LogP contribution in [0, 0.1) is 0 Å². The Morgan fingerprint density at radius 1 is 0.789 bits per heavy atom. The minimum Gasteiger partial charge on any atom is -0.473 e. The molecule has 1 aliphatic rings. The van der Waals surface area contributed by atoms with Crippen LogP contribution in [-0.2, 0) is 24.7 Å². The van der Waals surface area contributed by atoms with E-state index in [0.717, 1.165) is 38.0 Å². The summed E-state index contributed by atoms with van der Waals surface area (Å²) in [4.78, 5) is 32.9. The summed E-state index contributed by atoms with van der Waals surface area (Å²) >= 11 is 0. The Bertz CT molecular complexity index is 1160. The molecule has 0 aromatic heterocycles. The molecule has 0 bridgehead atoms. The maximum atomic E-state index is 12.2. The average Bonchev–Trinajstić information content (AvgIpc) is 2.96. The van der Waals surface area contributed by atoms with Crippen molar-refractivity contribution in [2.75, 3.05) is 19.6 Å². The number of likely N-dealkylation sites (tertiary alicyclic amines) is 1. The van der Waals surface area contributed by atoms with Gasteiger partial charge in [0.1, 0.15) is 5.60 Å². The molecule has 2 N–H and O–H groups in total. The minimum atomic E-state index is -1.82. The van der Waals surface area contributed by atoms with E-state index in [-0.39, 0.29) is 5.97 Å². The van der Waals surface area contributed by atoms with Crippen molar-refractivity contribution >= 4 is 23.5 Å².